The first-order valence-electron chi connectivity index (χ1n) is 7.68. The highest BCUT2D eigenvalue weighted by atomic mass is 16.5. The maximum Gasteiger partial charge on any atom is 0.336 e. The predicted molar refractivity (Wildman–Crippen MR) is 92.2 cm³/mol. The molecule has 2 aromatic carbocycles. The van der Waals surface area contributed by atoms with E-state index in [0.717, 1.165) is 5.39 Å². The van der Waals surface area contributed by atoms with Gasteiger partial charge in [0.15, 0.2) is 0 Å². The van der Waals surface area contributed by atoms with Gasteiger partial charge in [-0.1, -0.05) is 6.07 Å². The van der Waals surface area contributed by atoms with E-state index >= 15 is 0 Å². The van der Waals surface area contributed by atoms with Gasteiger partial charge >= 0.3 is 5.63 Å². The SMILES string of the molecule is Cc1cc(C)c(C)c(COc2ccc3ccc(=O)oc3c2)c1C. The normalized spacial score (nSPS) is 11.0. The largest absolute Gasteiger partial charge is 0.489 e. The Labute approximate surface area is 135 Å². The Balaban J connectivity index is 1.91. The van der Waals surface area contributed by atoms with Gasteiger partial charge in [0.1, 0.15) is 17.9 Å². The van der Waals surface area contributed by atoms with Crippen molar-refractivity contribution in [1.82, 2.24) is 0 Å². The second-order valence-corrected chi connectivity index (χ2v) is 5.98. The van der Waals surface area contributed by atoms with Crippen LogP contribution in [0.2, 0.25) is 0 Å². The Kier molecular flexibility index (Phi) is 3.95. The van der Waals surface area contributed by atoms with Crippen LogP contribution in [-0.2, 0) is 6.61 Å². The third kappa shape index (κ3) is 3.00. The molecular formula is C20H20O3. The van der Waals surface area contributed by atoms with Crippen molar-refractivity contribution < 1.29 is 9.15 Å². The molecule has 0 unspecified atom stereocenters. The maximum atomic E-state index is 11.3. The quantitative estimate of drug-likeness (QED) is 0.663. The van der Waals surface area contributed by atoms with E-state index in [4.69, 9.17) is 9.15 Å². The molecule has 3 nitrogen and oxygen atoms in total. The summed E-state index contributed by atoms with van der Waals surface area (Å²) in [4.78, 5) is 11.3. The second-order valence-electron chi connectivity index (χ2n) is 5.98. The average molecular weight is 308 g/mol. The molecule has 0 spiro atoms. The second kappa shape index (κ2) is 5.92. The minimum atomic E-state index is -0.351. The standard InChI is InChI=1S/C20H20O3/c1-12-9-13(2)15(4)18(14(12)3)11-22-17-7-5-16-6-8-20(21)23-19(16)10-17/h5-10H,11H2,1-4H3. The number of aryl methyl sites for hydroxylation is 2. The molecule has 3 heteroatoms. The monoisotopic (exact) mass is 308 g/mol. The Hall–Kier alpha value is -2.55. The molecule has 1 aromatic heterocycles. The number of hydrogen-bond acceptors (Lipinski definition) is 3. The molecule has 118 valence electrons. The van der Waals surface area contributed by atoms with Gasteiger partial charge in [-0.15, -0.1) is 0 Å². The first-order valence-corrected chi connectivity index (χ1v) is 7.68. The van der Waals surface area contributed by atoms with Gasteiger partial charge < -0.3 is 9.15 Å². The van der Waals surface area contributed by atoms with Crippen LogP contribution in [0.15, 0.2) is 45.6 Å². The highest BCUT2D eigenvalue weighted by Crippen LogP contribution is 2.25. The third-order valence-corrected chi connectivity index (χ3v) is 4.50. The molecule has 0 aliphatic rings. The molecule has 0 fully saturated rings. The van der Waals surface area contributed by atoms with Crippen molar-refractivity contribution in [3.8, 4) is 5.75 Å². The summed E-state index contributed by atoms with van der Waals surface area (Å²) in [6.07, 6.45) is 0. The lowest BCUT2D eigenvalue weighted by molar-refractivity contribution is 0.304. The molecule has 0 aliphatic carbocycles. The van der Waals surface area contributed by atoms with Crippen molar-refractivity contribution in [2.45, 2.75) is 34.3 Å². The van der Waals surface area contributed by atoms with Gasteiger partial charge in [0.25, 0.3) is 0 Å². The number of rotatable bonds is 3. The summed E-state index contributed by atoms with van der Waals surface area (Å²) in [7, 11) is 0. The van der Waals surface area contributed by atoms with Gasteiger partial charge in [0.05, 0.1) is 0 Å². The molecule has 0 atom stereocenters. The molecule has 0 bridgehead atoms. The highest BCUT2D eigenvalue weighted by Gasteiger charge is 2.09. The van der Waals surface area contributed by atoms with Crippen LogP contribution in [0.5, 0.6) is 5.75 Å². The van der Waals surface area contributed by atoms with Crippen LogP contribution < -0.4 is 10.4 Å². The Bertz CT molecular complexity index is 909. The molecule has 1 heterocycles. The lowest BCUT2D eigenvalue weighted by atomic mass is 9.95. The number of benzene rings is 2. The topological polar surface area (TPSA) is 39.4 Å². The zero-order valence-corrected chi connectivity index (χ0v) is 13.9. The van der Waals surface area contributed by atoms with Crippen molar-refractivity contribution in [3.05, 3.63) is 74.6 Å². The molecule has 0 aliphatic heterocycles. The van der Waals surface area contributed by atoms with Crippen LogP contribution in [0.25, 0.3) is 11.0 Å². The molecule has 0 saturated carbocycles. The van der Waals surface area contributed by atoms with E-state index in [9.17, 15) is 4.79 Å². The molecule has 0 saturated heterocycles. The zero-order chi connectivity index (χ0) is 16.6. The van der Waals surface area contributed by atoms with Crippen molar-refractivity contribution in [3.63, 3.8) is 0 Å². The highest BCUT2D eigenvalue weighted by molar-refractivity contribution is 5.77. The number of hydrogen-bond donors (Lipinski definition) is 0. The number of ether oxygens (including phenoxy) is 1. The van der Waals surface area contributed by atoms with E-state index < -0.39 is 0 Å². The van der Waals surface area contributed by atoms with E-state index in [1.165, 1.54) is 33.9 Å². The minimum Gasteiger partial charge on any atom is -0.489 e. The van der Waals surface area contributed by atoms with Crippen molar-refractivity contribution in [2.24, 2.45) is 0 Å². The number of fused-ring (bicyclic) bond motifs is 1. The van der Waals surface area contributed by atoms with Crippen LogP contribution in [0.4, 0.5) is 0 Å². The fraction of sp³-hybridized carbons (Fsp3) is 0.250. The van der Waals surface area contributed by atoms with Crippen molar-refractivity contribution in [1.29, 1.82) is 0 Å². The summed E-state index contributed by atoms with van der Waals surface area (Å²) in [6.45, 7) is 8.99. The molecule has 23 heavy (non-hydrogen) atoms. The Morgan fingerprint density at radius 2 is 1.57 bits per heavy atom. The summed E-state index contributed by atoms with van der Waals surface area (Å²) in [5.74, 6) is 0.699. The fourth-order valence-corrected chi connectivity index (χ4v) is 2.80. The molecule has 0 amide bonds. The van der Waals surface area contributed by atoms with Gasteiger partial charge in [0, 0.05) is 17.5 Å². The Morgan fingerprint density at radius 1 is 0.913 bits per heavy atom. The van der Waals surface area contributed by atoms with Crippen LogP contribution in [0, 0.1) is 27.7 Å². The van der Waals surface area contributed by atoms with Gasteiger partial charge in [0.2, 0.25) is 0 Å². The van der Waals surface area contributed by atoms with E-state index in [-0.39, 0.29) is 5.63 Å². The summed E-state index contributed by atoms with van der Waals surface area (Å²) < 4.78 is 11.2. The first-order chi connectivity index (χ1) is 11.0. The molecule has 3 rings (SSSR count). The molecule has 3 aromatic rings. The van der Waals surface area contributed by atoms with Gasteiger partial charge in [-0.2, -0.15) is 0 Å². The minimum absolute atomic E-state index is 0.351. The van der Waals surface area contributed by atoms with Crippen LogP contribution >= 0.6 is 0 Å². The fourth-order valence-electron chi connectivity index (χ4n) is 2.80. The van der Waals surface area contributed by atoms with E-state index in [1.54, 1.807) is 12.1 Å². The summed E-state index contributed by atoms with van der Waals surface area (Å²) in [5.41, 5.74) is 6.49. The van der Waals surface area contributed by atoms with Gasteiger partial charge in [-0.05, 0) is 73.7 Å². The smallest absolute Gasteiger partial charge is 0.336 e. The van der Waals surface area contributed by atoms with E-state index in [0.29, 0.717) is 17.9 Å². The average Bonchev–Trinajstić information content (AvgIpc) is 2.52. The van der Waals surface area contributed by atoms with E-state index in [2.05, 4.69) is 33.8 Å². The summed E-state index contributed by atoms with van der Waals surface area (Å²) in [6, 6.07) is 10.9. The lowest BCUT2D eigenvalue weighted by Crippen LogP contribution is -2.04. The third-order valence-electron chi connectivity index (χ3n) is 4.50. The van der Waals surface area contributed by atoms with Crippen molar-refractivity contribution >= 4 is 11.0 Å². The maximum absolute atomic E-state index is 11.3. The molecule has 0 radical (unpaired) electrons. The predicted octanol–water partition coefficient (Wildman–Crippen LogP) is 4.61. The van der Waals surface area contributed by atoms with Crippen LogP contribution in [0.1, 0.15) is 27.8 Å². The van der Waals surface area contributed by atoms with Gasteiger partial charge in [-0.3, -0.25) is 0 Å². The van der Waals surface area contributed by atoms with Crippen LogP contribution in [-0.4, -0.2) is 0 Å². The lowest BCUT2D eigenvalue weighted by Gasteiger charge is -2.16. The zero-order valence-electron chi connectivity index (χ0n) is 13.9. The van der Waals surface area contributed by atoms with Crippen molar-refractivity contribution in [2.75, 3.05) is 0 Å². The summed E-state index contributed by atoms with van der Waals surface area (Å²) >= 11 is 0. The van der Waals surface area contributed by atoms with E-state index in [1.807, 2.05) is 12.1 Å². The Morgan fingerprint density at radius 3 is 2.26 bits per heavy atom. The molecular weight excluding hydrogens is 288 g/mol. The summed E-state index contributed by atoms with van der Waals surface area (Å²) in [5, 5.41) is 0.885. The van der Waals surface area contributed by atoms with Gasteiger partial charge in [-0.25, -0.2) is 4.79 Å². The first kappa shape index (κ1) is 15.3. The molecule has 0 N–H and O–H groups in total. The van der Waals surface area contributed by atoms with Crippen LogP contribution in [0.3, 0.4) is 0 Å².